The molecule has 0 spiro atoms. The average molecular weight is 584 g/mol. The van der Waals surface area contributed by atoms with E-state index < -0.39 is 0 Å². The van der Waals surface area contributed by atoms with Gasteiger partial charge in [0.25, 0.3) is 11.8 Å². The molecule has 9 heteroatoms. The van der Waals surface area contributed by atoms with Gasteiger partial charge in [0.15, 0.2) is 0 Å². The van der Waals surface area contributed by atoms with E-state index in [0.29, 0.717) is 47.0 Å². The highest BCUT2D eigenvalue weighted by Gasteiger charge is 2.12. The Hall–Kier alpha value is -4.92. The van der Waals surface area contributed by atoms with Gasteiger partial charge in [-0.05, 0) is 92.1 Å². The lowest BCUT2D eigenvalue weighted by molar-refractivity contribution is 0.101. The first kappa shape index (κ1) is 32.6. The Bertz CT molecular complexity index is 1370. The van der Waals surface area contributed by atoms with E-state index in [1.54, 1.807) is 54.6 Å². The van der Waals surface area contributed by atoms with Crippen molar-refractivity contribution in [1.82, 2.24) is 0 Å². The van der Waals surface area contributed by atoms with E-state index in [1.807, 2.05) is 12.1 Å². The van der Waals surface area contributed by atoms with Crippen LogP contribution in [0.2, 0.25) is 0 Å². The number of ether oxygens (including phenoxy) is 2. The molecule has 3 rings (SSSR count). The van der Waals surface area contributed by atoms with E-state index in [4.69, 9.17) is 20.3 Å². The summed E-state index contributed by atoms with van der Waals surface area (Å²) in [5.41, 5.74) is 3.37. The van der Waals surface area contributed by atoms with Crippen molar-refractivity contribution in [2.45, 2.75) is 45.4 Å². The van der Waals surface area contributed by atoms with Gasteiger partial charge in [-0.15, -0.1) is 0 Å². The molecule has 0 fully saturated rings. The fraction of sp³-hybridized carbons (Fsp3) is 0.294. The smallest absolute Gasteiger partial charge is 0.255 e. The molecule has 3 aromatic carbocycles. The van der Waals surface area contributed by atoms with Gasteiger partial charge >= 0.3 is 0 Å². The van der Waals surface area contributed by atoms with Crippen LogP contribution in [0.4, 0.5) is 17.1 Å². The largest absolute Gasteiger partial charge is 0.494 e. The molecule has 0 radical (unpaired) electrons. The van der Waals surface area contributed by atoms with E-state index >= 15 is 0 Å². The Kier molecular flexibility index (Phi) is 13.5. The van der Waals surface area contributed by atoms with Crippen LogP contribution >= 0.6 is 0 Å². The second-order valence-corrected chi connectivity index (χ2v) is 9.92. The molecule has 2 amide bonds. The first-order valence-electron chi connectivity index (χ1n) is 14.6. The molecule has 0 unspecified atom stereocenters. The molecule has 0 aliphatic carbocycles. The van der Waals surface area contributed by atoms with Gasteiger partial charge in [-0.25, -0.2) is 0 Å². The summed E-state index contributed by atoms with van der Waals surface area (Å²) in [7, 11) is 0. The third-order valence-electron chi connectivity index (χ3n) is 6.59. The second-order valence-electron chi connectivity index (χ2n) is 9.92. The number of anilines is 3. The van der Waals surface area contributed by atoms with Crippen molar-refractivity contribution >= 4 is 41.0 Å². The third kappa shape index (κ3) is 11.1. The SMILES string of the molecule is C=CC(=N)OCCCCCCNc1ccc(C(=O)Nc2ccc(NC(=O)c3ccc(OCCCC)cc3)c(C=N)c2)cc1. The monoisotopic (exact) mass is 583 g/mol. The van der Waals surface area contributed by atoms with E-state index in [2.05, 4.69) is 29.5 Å². The molecule has 0 aromatic heterocycles. The van der Waals surface area contributed by atoms with Crippen molar-refractivity contribution in [3.63, 3.8) is 0 Å². The zero-order chi connectivity index (χ0) is 30.9. The highest BCUT2D eigenvalue weighted by atomic mass is 16.5. The van der Waals surface area contributed by atoms with Crippen LogP contribution < -0.4 is 20.7 Å². The van der Waals surface area contributed by atoms with Crippen molar-refractivity contribution in [3.05, 3.63) is 96.1 Å². The van der Waals surface area contributed by atoms with Crippen LogP contribution in [0.3, 0.4) is 0 Å². The third-order valence-corrected chi connectivity index (χ3v) is 6.59. The van der Waals surface area contributed by atoms with Crippen molar-refractivity contribution in [2.24, 2.45) is 0 Å². The molecule has 0 bridgehead atoms. The zero-order valence-electron chi connectivity index (χ0n) is 24.7. The molecule has 0 aliphatic heterocycles. The number of hydrogen-bond donors (Lipinski definition) is 5. The Morgan fingerprint density at radius 3 is 2.14 bits per heavy atom. The lowest BCUT2D eigenvalue weighted by atomic mass is 10.1. The number of benzene rings is 3. The fourth-order valence-electron chi connectivity index (χ4n) is 4.10. The maximum absolute atomic E-state index is 12.8. The van der Waals surface area contributed by atoms with E-state index in [-0.39, 0.29) is 17.7 Å². The van der Waals surface area contributed by atoms with E-state index in [1.165, 1.54) is 6.08 Å². The quantitative estimate of drug-likeness (QED) is 0.0599. The van der Waals surface area contributed by atoms with Gasteiger partial charge in [0, 0.05) is 46.5 Å². The average Bonchev–Trinajstić information content (AvgIpc) is 3.03. The summed E-state index contributed by atoms with van der Waals surface area (Å²) in [6.07, 6.45) is 8.55. The van der Waals surface area contributed by atoms with Gasteiger partial charge in [0.05, 0.1) is 13.2 Å². The Labute approximate surface area is 253 Å². The minimum Gasteiger partial charge on any atom is -0.494 e. The summed E-state index contributed by atoms with van der Waals surface area (Å²) in [5, 5.41) is 24.2. The molecule has 0 heterocycles. The molecular formula is C34H41N5O4. The summed E-state index contributed by atoms with van der Waals surface area (Å²) in [6, 6.07) is 19.2. The zero-order valence-corrected chi connectivity index (χ0v) is 24.7. The number of rotatable bonds is 18. The van der Waals surface area contributed by atoms with Crippen LogP contribution in [0, 0.1) is 10.8 Å². The highest BCUT2D eigenvalue weighted by molar-refractivity contribution is 6.08. The van der Waals surface area contributed by atoms with Crippen LogP contribution in [0.15, 0.2) is 79.4 Å². The number of carbonyl (C=O) groups is 2. The van der Waals surface area contributed by atoms with Crippen LogP contribution in [0.25, 0.3) is 0 Å². The molecule has 3 aromatic rings. The number of carbonyl (C=O) groups excluding carboxylic acids is 2. The van der Waals surface area contributed by atoms with Gasteiger partial charge in [-0.1, -0.05) is 32.8 Å². The van der Waals surface area contributed by atoms with Gasteiger partial charge in [-0.3, -0.25) is 15.0 Å². The first-order chi connectivity index (χ1) is 20.9. The first-order valence-corrected chi connectivity index (χ1v) is 14.6. The fourth-order valence-corrected chi connectivity index (χ4v) is 4.10. The number of unbranched alkanes of at least 4 members (excludes halogenated alkanes) is 4. The maximum Gasteiger partial charge on any atom is 0.255 e. The Morgan fingerprint density at radius 1 is 0.814 bits per heavy atom. The summed E-state index contributed by atoms with van der Waals surface area (Å²) in [5.74, 6) is 0.255. The summed E-state index contributed by atoms with van der Waals surface area (Å²) in [6.45, 7) is 7.59. The molecule has 5 N–H and O–H groups in total. The van der Waals surface area contributed by atoms with Crippen molar-refractivity contribution in [1.29, 1.82) is 10.8 Å². The van der Waals surface area contributed by atoms with Crippen molar-refractivity contribution in [3.8, 4) is 5.75 Å². The molecule has 0 saturated carbocycles. The molecule has 9 nitrogen and oxygen atoms in total. The standard InChI is InChI=1S/C34H41N5O4/c1-3-5-21-42-30-17-12-26(13-18-30)34(41)39-31-19-16-29(23-27(31)24-35)38-33(40)25-10-14-28(15-11-25)37-20-8-6-7-9-22-43-32(36)4-2/h4,10-19,23-24,35-37H,2-3,5-9,20-22H2,1H3,(H,38,40)(H,39,41). The summed E-state index contributed by atoms with van der Waals surface area (Å²) in [4.78, 5) is 25.6. The van der Waals surface area contributed by atoms with Crippen LogP contribution in [-0.4, -0.2) is 43.7 Å². The van der Waals surface area contributed by atoms with Crippen molar-refractivity contribution in [2.75, 3.05) is 35.7 Å². The number of hydrogen-bond acceptors (Lipinski definition) is 7. The minimum absolute atomic E-state index is 0.111. The summed E-state index contributed by atoms with van der Waals surface area (Å²) >= 11 is 0. The normalized spacial score (nSPS) is 10.3. The molecule has 0 aliphatic rings. The van der Waals surface area contributed by atoms with Crippen molar-refractivity contribution < 1.29 is 19.1 Å². The topological polar surface area (TPSA) is 136 Å². The molecule has 226 valence electrons. The predicted octanol–water partition coefficient (Wildman–Crippen LogP) is 7.52. The Morgan fingerprint density at radius 2 is 1.47 bits per heavy atom. The lowest BCUT2D eigenvalue weighted by Crippen LogP contribution is -2.15. The molecule has 43 heavy (non-hydrogen) atoms. The Balaban J connectivity index is 1.46. The molecule has 0 atom stereocenters. The predicted molar refractivity (Wildman–Crippen MR) is 174 cm³/mol. The van der Waals surface area contributed by atoms with Crippen LogP contribution in [0.1, 0.15) is 71.7 Å². The lowest BCUT2D eigenvalue weighted by Gasteiger charge is -2.12. The second kappa shape index (κ2) is 17.8. The summed E-state index contributed by atoms with van der Waals surface area (Å²) < 4.78 is 10.8. The number of amides is 2. The van der Waals surface area contributed by atoms with Crippen LogP contribution in [-0.2, 0) is 4.74 Å². The maximum atomic E-state index is 12.8. The van der Waals surface area contributed by atoms with Gasteiger partial charge in [0.1, 0.15) is 5.75 Å². The molecule has 0 saturated heterocycles. The minimum atomic E-state index is -0.301. The highest BCUT2D eigenvalue weighted by Crippen LogP contribution is 2.22. The van der Waals surface area contributed by atoms with Gasteiger partial charge in [-0.2, -0.15) is 0 Å². The van der Waals surface area contributed by atoms with Crippen LogP contribution in [0.5, 0.6) is 5.75 Å². The number of nitrogens with one attached hydrogen (secondary N) is 5. The van der Waals surface area contributed by atoms with E-state index in [9.17, 15) is 9.59 Å². The van der Waals surface area contributed by atoms with Gasteiger partial charge in [0.2, 0.25) is 5.90 Å². The van der Waals surface area contributed by atoms with Gasteiger partial charge < -0.3 is 30.8 Å². The van der Waals surface area contributed by atoms with E-state index in [0.717, 1.165) is 57.0 Å². The molecular weight excluding hydrogens is 542 g/mol.